The molecule has 0 fully saturated rings. The highest BCUT2D eigenvalue weighted by Crippen LogP contribution is 2.37. The number of aryl methyl sites for hydroxylation is 2. The van der Waals surface area contributed by atoms with Crippen molar-refractivity contribution in [2.75, 3.05) is 17.7 Å². The smallest absolute Gasteiger partial charge is 0.255 e. The maximum absolute atomic E-state index is 13.8. The molecule has 7 nitrogen and oxygen atoms in total. The molecule has 9 heteroatoms. The fraction of sp³-hybridized carbons (Fsp3) is 0.207. The highest BCUT2D eigenvalue weighted by Gasteiger charge is 2.34. The normalized spacial score (nSPS) is 14.6. The van der Waals surface area contributed by atoms with Crippen LogP contribution in [0.5, 0.6) is 5.75 Å². The number of nitrogens with zero attached hydrogens (tertiary/aromatic N) is 3. The zero-order valence-corrected chi connectivity index (χ0v) is 23.2. The first-order valence-corrected chi connectivity index (χ1v) is 13.5. The van der Waals surface area contributed by atoms with Crippen molar-refractivity contribution in [2.24, 2.45) is 0 Å². The van der Waals surface area contributed by atoms with Crippen LogP contribution in [0.25, 0.3) is 0 Å². The predicted molar refractivity (Wildman–Crippen MR) is 153 cm³/mol. The highest BCUT2D eigenvalue weighted by atomic mass is 35.5. The van der Waals surface area contributed by atoms with Crippen LogP contribution < -0.4 is 15.4 Å². The zero-order chi connectivity index (χ0) is 26.8. The van der Waals surface area contributed by atoms with Crippen molar-refractivity contribution < 1.29 is 9.53 Å². The van der Waals surface area contributed by atoms with E-state index in [9.17, 15) is 4.79 Å². The van der Waals surface area contributed by atoms with Gasteiger partial charge in [0.2, 0.25) is 11.1 Å². The summed E-state index contributed by atoms with van der Waals surface area (Å²) in [7, 11) is 1.63. The minimum atomic E-state index is -0.472. The number of hydrogen-bond acceptors (Lipinski definition) is 6. The number of aromatic nitrogens is 3. The van der Waals surface area contributed by atoms with Crippen molar-refractivity contribution in [3.05, 3.63) is 105 Å². The molecular formula is C29H28ClN5O2S. The van der Waals surface area contributed by atoms with Crippen LogP contribution in [-0.4, -0.2) is 27.8 Å². The van der Waals surface area contributed by atoms with Crippen molar-refractivity contribution in [1.29, 1.82) is 0 Å². The van der Waals surface area contributed by atoms with Crippen molar-refractivity contribution in [3.8, 4) is 5.75 Å². The van der Waals surface area contributed by atoms with Gasteiger partial charge in [-0.3, -0.25) is 4.79 Å². The Balaban J connectivity index is 1.49. The molecule has 3 aromatic carbocycles. The Morgan fingerprint density at radius 1 is 1.08 bits per heavy atom. The lowest BCUT2D eigenvalue weighted by atomic mass is 9.94. The number of benzene rings is 3. The summed E-state index contributed by atoms with van der Waals surface area (Å²) >= 11 is 7.55. The molecule has 0 spiro atoms. The third-order valence-electron chi connectivity index (χ3n) is 6.42. The first-order valence-electron chi connectivity index (χ1n) is 12.2. The standard InChI is InChI=1S/C29H28ClN5O2S/c1-17-5-14-24(18(2)15-17)32-27(36)25-19(3)31-28-33-29(38-16-20-6-10-22(30)11-7-20)34-35(28)26(25)21-8-12-23(37-4)13-9-21/h5-15,26H,16H2,1-4H3,(H,32,36)(H,31,33,34). The number of amides is 1. The average Bonchev–Trinajstić information content (AvgIpc) is 3.31. The van der Waals surface area contributed by atoms with E-state index in [0.717, 1.165) is 39.4 Å². The summed E-state index contributed by atoms with van der Waals surface area (Å²) in [5.74, 6) is 1.83. The summed E-state index contributed by atoms with van der Waals surface area (Å²) in [6.07, 6.45) is 0. The number of rotatable bonds is 7. The van der Waals surface area contributed by atoms with Crippen molar-refractivity contribution >= 4 is 40.9 Å². The lowest BCUT2D eigenvalue weighted by molar-refractivity contribution is -0.113. The zero-order valence-electron chi connectivity index (χ0n) is 21.6. The van der Waals surface area contributed by atoms with Crippen LogP contribution in [0.1, 0.15) is 35.2 Å². The summed E-state index contributed by atoms with van der Waals surface area (Å²) in [5.41, 5.74) is 6.24. The van der Waals surface area contributed by atoms with E-state index < -0.39 is 6.04 Å². The number of carbonyl (C=O) groups is 1. The molecule has 5 rings (SSSR count). The molecule has 1 amide bonds. The fourth-order valence-electron chi connectivity index (χ4n) is 4.45. The summed E-state index contributed by atoms with van der Waals surface area (Å²) in [6, 6.07) is 20.9. The topological polar surface area (TPSA) is 81.1 Å². The van der Waals surface area contributed by atoms with Gasteiger partial charge in [-0.2, -0.15) is 4.98 Å². The van der Waals surface area contributed by atoms with Gasteiger partial charge in [-0.1, -0.05) is 65.3 Å². The van der Waals surface area contributed by atoms with Crippen molar-refractivity contribution in [2.45, 2.75) is 37.7 Å². The molecule has 4 aromatic rings. The number of carbonyl (C=O) groups excluding carboxylic acids is 1. The van der Waals surface area contributed by atoms with Crippen LogP contribution in [0, 0.1) is 13.8 Å². The Hall–Kier alpha value is -3.75. The number of thioether (sulfide) groups is 1. The number of nitrogens with one attached hydrogen (secondary N) is 2. The molecule has 1 aliphatic rings. The monoisotopic (exact) mass is 545 g/mol. The van der Waals surface area contributed by atoms with Gasteiger partial charge in [-0.15, -0.1) is 5.10 Å². The predicted octanol–water partition coefficient (Wildman–Crippen LogP) is 6.78. The van der Waals surface area contributed by atoms with E-state index in [4.69, 9.17) is 26.4 Å². The third kappa shape index (κ3) is 5.42. The van der Waals surface area contributed by atoms with E-state index in [1.165, 1.54) is 11.8 Å². The number of ether oxygens (including phenoxy) is 1. The van der Waals surface area contributed by atoms with Gasteiger partial charge in [-0.05, 0) is 67.8 Å². The maximum Gasteiger partial charge on any atom is 0.255 e. The Bertz CT molecular complexity index is 1510. The van der Waals surface area contributed by atoms with Crippen LogP contribution in [0.2, 0.25) is 5.02 Å². The lowest BCUT2D eigenvalue weighted by Crippen LogP contribution is -2.31. The number of hydrogen-bond donors (Lipinski definition) is 2. The van der Waals surface area contributed by atoms with Crippen LogP contribution in [0.3, 0.4) is 0 Å². The summed E-state index contributed by atoms with van der Waals surface area (Å²) in [6.45, 7) is 5.92. The largest absolute Gasteiger partial charge is 0.497 e. The van der Waals surface area contributed by atoms with Gasteiger partial charge in [0.1, 0.15) is 11.8 Å². The molecule has 194 valence electrons. The Labute approximate surface area is 231 Å². The van der Waals surface area contributed by atoms with E-state index in [1.54, 1.807) is 11.8 Å². The Morgan fingerprint density at radius 3 is 2.50 bits per heavy atom. The summed E-state index contributed by atoms with van der Waals surface area (Å²) in [4.78, 5) is 18.5. The maximum atomic E-state index is 13.8. The van der Waals surface area contributed by atoms with E-state index in [0.29, 0.717) is 27.5 Å². The van der Waals surface area contributed by atoms with Gasteiger partial charge < -0.3 is 15.4 Å². The Morgan fingerprint density at radius 2 is 1.82 bits per heavy atom. The molecule has 0 aliphatic carbocycles. The van der Waals surface area contributed by atoms with Gasteiger partial charge in [0.25, 0.3) is 5.91 Å². The molecule has 1 aliphatic heterocycles. The second-order valence-electron chi connectivity index (χ2n) is 9.19. The van der Waals surface area contributed by atoms with Crippen molar-refractivity contribution in [3.63, 3.8) is 0 Å². The van der Waals surface area contributed by atoms with E-state index in [-0.39, 0.29) is 5.91 Å². The van der Waals surface area contributed by atoms with Gasteiger partial charge in [-0.25, -0.2) is 4.68 Å². The third-order valence-corrected chi connectivity index (χ3v) is 7.58. The number of methoxy groups -OCH3 is 1. The van der Waals surface area contributed by atoms with E-state index in [1.807, 2.05) is 81.4 Å². The van der Waals surface area contributed by atoms with E-state index >= 15 is 0 Å². The molecule has 0 saturated carbocycles. The number of allylic oxidation sites excluding steroid dienone is 1. The first kappa shape index (κ1) is 25.9. The van der Waals surface area contributed by atoms with Crippen molar-refractivity contribution in [1.82, 2.24) is 14.8 Å². The van der Waals surface area contributed by atoms with Gasteiger partial charge in [0.05, 0.1) is 12.7 Å². The first-order chi connectivity index (χ1) is 18.3. The van der Waals surface area contributed by atoms with Crippen LogP contribution in [-0.2, 0) is 10.5 Å². The minimum absolute atomic E-state index is 0.195. The summed E-state index contributed by atoms with van der Waals surface area (Å²) in [5, 5.41) is 12.6. The molecule has 1 unspecified atom stereocenters. The van der Waals surface area contributed by atoms with Gasteiger partial charge in [0, 0.05) is 22.2 Å². The van der Waals surface area contributed by atoms with Gasteiger partial charge in [0.15, 0.2) is 0 Å². The molecule has 1 atom stereocenters. The highest BCUT2D eigenvalue weighted by molar-refractivity contribution is 7.98. The molecule has 0 bridgehead atoms. The molecule has 38 heavy (non-hydrogen) atoms. The molecule has 2 N–H and O–H groups in total. The summed E-state index contributed by atoms with van der Waals surface area (Å²) < 4.78 is 7.15. The Kier molecular flexibility index (Phi) is 7.44. The van der Waals surface area contributed by atoms with Crippen LogP contribution in [0.15, 0.2) is 83.2 Å². The quantitative estimate of drug-likeness (QED) is 0.249. The minimum Gasteiger partial charge on any atom is -0.497 e. The van der Waals surface area contributed by atoms with Gasteiger partial charge >= 0.3 is 0 Å². The number of fused-ring (bicyclic) bond motifs is 1. The number of anilines is 2. The molecule has 0 radical (unpaired) electrons. The lowest BCUT2D eigenvalue weighted by Gasteiger charge is -2.29. The van der Waals surface area contributed by atoms with Crippen LogP contribution >= 0.6 is 23.4 Å². The van der Waals surface area contributed by atoms with E-state index in [2.05, 4.69) is 16.7 Å². The average molecular weight is 546 g/mol. The molecule has 1 aromatic heterocycles. The molecule has 2 heterocycles. The second-order valence-corrected chi connectivity index (χ2v) is 10.6. The number of halogens is 1. The SMILES string of the molecule is COc1ccc(C2C(C(=O)Nc3ccc(C)cc3C)=C(C)Nc3nc(SCc4ccc(Cl)cc4)nn32)cc1. The second kappa shape index (κ2) is 10.9. The molecular weight excluding hydrogens is 518 g/mol. The molecule has 0 saturated heterocycles. The van der Waals surface area contributed by atoms with Crippen LogP contribution in [0.4, 0.5) is 11.6 Å². The fourth-order valence-corrected chi connectivity index (χ4v) is 5.36.